The minimum Gasteiger partial charge on any atom is -0.382 e. The summed E-state index contributed by atoms with van der Waals surface area (Å²) in [5, 5.41) is 3.38. The number of rotatable bonds is 7. The molecule has 0 amide bonds. The van der Waals surface area contributed by atoms with Crippen LogP contribution in [-0.4, -0.2) is 19.6 Å². The van der Waals surface area contributed by atoms with E-state index < -0.39 is 0 Å². The van der Waals surface area contributed by atoms with Gasteiger partial charge in [-0.25, -0.2) is 0 Å². The molecule has 1 aromatic carbocycles. The molecule has 0 aliphatic rings. The van der Waals surface area contributed by atoms with Crippen LogP contribution in [0.15, 0.2) is 12.2 Å². The topological polar surface area (TPSA) is 15.3 Å². The maximum Gasteiger partial charge on any atom is 0.0834 e. The molecule has 0 radical (unpaired) electrons. The van der Waals surface area contributed by atoms with Crippen LogP contribution in [0.2, 0.25) is 0 Å². The van der Waals surface area contributed by atoms with Crippen LogP contribution in [-0.2, 0) is 0 Å². The monoisotopic (exact) mass is 268 g/mol. The lowest BCUT2D eigenvalue weighted by molar-refractivity contribution is 0.858. The van der Waals surface area contributed by atoms with Crippen molar-refractivity contribution in [3.05, 3.63) is 21.2 Å². The molecule has 0 aliphatic carbocycles. The number of hydrogen-bond donors (Lipinski definition) is 1. The fourth-order valence-corrected chi connectivity index (χ4v) is 2.38. The third-order valence-electron chi connectivity index (χ3n) is 2.82. The van der Waals surface area contributed by atoms with Gasteiger partial charge in [0.2, 0.25) is 0 Å². The summed E-state index contributed by atoms with van der Waals surface area (Å²) in [7, 11) is 0. The molecule has 0 aliphatic heterocycles. The summed E-state index contributed by atoms with van der Waals surface area (Å²) in [6.45, 7) is 13.0. The van der Waals surface area contributed by atoms with Gasteiger partial charge in [-0.15, -0.1) is 6.58 Å². The van der Waals surface area contributed by atoms with Gasteiger partial charge in [0.25, 0.3) is 0 Å². The summed E-state index contributed by atoms with van der Waals surface area (Å²) in [4.78, 5) is 2.25. The zero-order chi connectivity index (χ0) is 13.0. The van der Waals surface area contributed by atoms with Crippen molar-refractivity contribution < 1.29 is 0 Å². The molecule has 0 unspecified atom stereocenters. The van der Waals surface area contributed by atoms with Gasteiger partial charge in [-0.1, -0.05) is 30.0 Å². The lowest BCUT2D eigenvalue weighted by Crippen LogP contribution is -2.25. The molecule has 0 saturated carbocycles. The fourth-order valence-electron chi connectivity index (χ4n) is 1.79. The number of hydrogen-bond acceptors (Lipinski definition) is 4. The maximum absolute atomic E-state index is 5.32. The van der Waals surface area contributed by atoms with E-state index in [-0.39, 0.29) is 0 Å². The van der Waals surface area contributed by atoms with Gasteiger partial charge in [0.1, 0.15) is 0 Å². The fraction of sp³-hybridized carbons (Fsp3) is 0.538. The van der Waals surface area contributed by atoms with Crippen molar-refractivity contribution in [3.8, 4) is 0 Å². The minimum absolute atomic E-state index is 0.809. The van der Waals surface area contributed by atoms with E-state index in [2.05, 4.69) is 30.6 Å². The Morgan fingerprint density at radius 2 is 1.82 bits per heavy atom. The van der Waals surface area contributed by atoms with E-state index in [9.17, 15) is 0 Å². The molecule has 0 heterocycles. The van der Waals surface area contributed by atoms with Crippen LogP contribution in [0, 0.1) is 9.02 Å². The third-order valence-corrected chi connectivity index (χ3v) is 3.75. The molecule has 0 atom stereocenters. The number of nitrogens with zero attached hydrogens (tertiary/aromatic N) is 1. The first kappa shape index (κ1) is 14.3. The minimum atomic E-state index is 0.809. The van der Waals surface area contributed by atoms with E-state index in [1.165, 1.54) is 5.57 Å². The highest BCUT2D eigenvalue weighted by atomic mass is 32.1. The molecule has 4 heteroatoms. The third kappa shape index (κ3) is 3.13. The highest BCUT2D eigenvalue weighted by molar-refractivity contribution is 7.74. The summed E-state index contributed by atoms with van der Waals surface area (Å²) < 4.78 is 1.64. The van der Waals surface area contributed by atoms with Crippen LogP contribution < -0.4 is 10.2 Å². The molecule has 0 bridgehead atoms. The van der Waals surface area contributed by atoms with Crippen molar-refractivity contribution >= 4 is 35.8 Å². The van der Waals surface area contributed by atoms with Crippen molar-refractivity contribution in [2.24, 2.45) is 0 Å². The zero-order valence-corrected chi connectivity index (χ0v) is 12.4. The Morgan fingerprint density at radius 1 is 1.24 bits per heavy atom. The molecule has 17 heavy (non-hydrogen) atoms. The van der Waals surface area contributed by atoms with Crippen LogP contribution in [0.5, 0.6) is 0 Å². The highest BCUT2D eigenvalue weighted by Crippen LogP contribution is 2.35. The average Bonchev–Trinajstić information content (AvgIpc) is 2.31. The summed E-state index contributed by atoms with van der Waals surface area (Å²) in [5.41, 5.74) is 3.35. The first-order valence-corrected chi connectivity index (χ1v) is 6.81. The van der Waals surface area contributed by atoms with Gasteiger partial charge >= 0.3 is 0 Å². The van der Waals surface area contributed by atoms with Crippen LogP contribution >= 0.6 is 24.4 Å². The molecule has 1 aromatic rings. The molecule has 1 N–H and O–H groups in total. The summed E-state index contributed by atoms with van der Waals surface area (Å²) in [6, 6.07) is 0. The Balaban J connectivity index is 2.79. The maximum atomic E-state index is 5.32. The van der Waals surface area contributed by atoms with Crippen molar-refractivity contribution in [2.75, 3.05) is 29.9 Å². The second-order valence-electron chi connectivity index (χ2n) is 4.19. The predicted octanol–water partition coefficient (Wildman–Crippen LogP) is 4.25. The summed E-state index contributed by atoms with van der Waals surface area (Å²) >= 11 is 10.6. The van der Waals surface area contributed by atoms with Crippen LogP contribution in [0.1, 0.15) is 27.2 Å². The summed E-state index contributed by atoms with van der Waals surface area (Å²) in [5.74, 6) is 0. The van der Waals surface area contributed by atoms with E-state index in [1.54, 1.807) is 0 Å². The smallest absolute Gasteiger partial charge is 0.0834 e. The Bertz CT molecular complexity index is 466. The van der Waals surface area contributed by atoms with Crippen molar-refractivity contribution in [1.82, 2.24) is 0 Å². The standard InChI is InChI=1S/C13H20N2S2/c1-5-15(6-2)11-10(12(16)13(11)17)14-8-7-9(3)4/h14H,3,5-8H2,1-2,4H3. The first-order valence-electron chi connectivity index (χ1n) is 5.99. The van der Waals surface area contributed by atoms with E-state index in [4.69, 9.17) is 24.4 Å². The largest absolute Gasteiger partial charge is 0.382 e. The Labute approximate surface area is 114 Å². The number of anilines is 2. The van der Waals surface area contributed by atoms with Crippen LogP contribution in [0.4, 0.5) is 11.4 Å². The van der Waals surface area contributed by atoms with E-state index in [1.807, 2.05) is 6.92 Å². The van der Waals surface area contributed by atoms with Crippen molar-refractivity contribution in [3.63, 3.8) is 0 Å². The molecule has 0 saturated heterocycles. The molecular weight excluding hydrogens is 248 g/mol. The van der Waals surface area contributed by atoms with E-state index in [0.717, 1.165) is 46.5 Å². The lowest BCUT2D eigenvalue weighted by atomic mass is 10.1. The van der Waals surface area contributed by atoms with Gasteiger partial charge < -0.3 is 10.2 Å². The predicted molar refractivity (Wildman–Crippen MR) is 82.0 cm³/mol. The quantitative estimate of drug-likeness (QED) is 0.587. The molecule has 0 aromatic heterocycles. The Hall–Kier alpha value is -0.740. The van der Waals surface area contributed by atoms with Gasteiger partial charge in [0.15, 0.2) is 0 Å². The van der Waals surface area contributed by atoms with Crippen molar-refractivity contribution in [2.45, 2.75) is 27.2 Å². The SMILES string of the molecule is C=C(C)CCNc1c(N(CC)CC)c(=S)c1=S. The first-order chi connectivity index (χ1) is 8.02. The van der Waals surface area contributed by atoms with Gasteiger partial charge in [0.05, 0.1) is 20.4 Å². The van der Waals surface area contributed by atoms with Crippen LogP contribution in [0.3, 0.4) is 0 Å². The average molecular weight is 268 g/mol. The normalized spacial score (nSPS) is 10.5. The molecule has 0 spiro atoms. The zero-order valence-electron chi connectivity index (χ0n) is 10.8. The van der Waals surface area contributed by atoms with E-state index in [0.29, 0.717) is 0 Å². The van der Waals surface area contributed by atoms with E-state index >= 15 is 0 Å². The van der Waals surface area contributed by atoms with Gasteiger partial charge in [-0.05, 0) is 27.2 Å². The molecule has 2 nitrogen and oxygen atoms in total. The second kappa shape index (κ2) is 6.26. The number of nitrogens with one attached hydrogen (secondary N) is 1. The molecule has 94 valence electrons. The van der Waals surface area contributed by atoms with Gasteiger partial charge in [-0.3, -0.25) is 0 Å². The van der Waals surface area contributed by atoms with Gasteiger partial charge in [-0.2, -0.15) is 0 Å². The highest BCUT2D eigenvalue weighted by Gasteiger charge is 2.18. The Morgan fingerprint density at radius 3 is 2.29 bits per heavy atom. The second-order valence-corrected chi connectivity index (χ2v) is 5.00. The molecule has 0 fully saturated rings. The molecule has 1 rings (SSSR count). The summed E-state index contributed by atoms with van der Waals surface area (Å²) in [6.07, 6.45) is 0.963. The lowest BCUT2D eigenvalue weighted by Gasteiger charge is -2.27. The van der Waals surface area contributed by atoms with Crippen LogP contribution in [0.25, 0.3) is 0 Å². The molecular formula is C13H20N2S2. The van der Waals surface area contributed by atoms with Crippen molar-refractivity contribution in [1.29, 1.82) is 0 Å². The van der Waals surface area contributed by atoms with Gasteiger partial charge in [0, 0.05) is 19.6 Å². The Kier molecular flexibility index (Phi) is 5.28.